The Kier molecular flexibility index (Phi) is 4.46. The molecule has 1 saturated heterocycles. The fourth-order valence-electron chi connectivity index (χ4n) is 3.16. The Hall–Kier alpha value is -1.31. The zero-order valence-corrected chi connectivity index (χ0v) is 11.7. The number of rotatable bonds is 2. The number of hydrogen-bond donors (Lipinski definition) is 2. The average Bonchev–Trinajstić information content (AvgIpc) is 2.59. The molecule has 1 aliphatic carbocycles. The summed E-state index contributed by atoms with van der Waals surface area (Å²) >= 11 is 0. The second-order valence-electron chi connectivity index (χ2n) is 5.75. The molecule has 2 fully saturated rings. The van der Waals surface area contributed by atoms with Gasteiger partial charge < -0.3 is 11.1 Å². The van der Waals surface area contributed by atoms with Crippen LogP contribution >= 0.6 is 0 Å². The van der Waals surface area contributed by atoms with E-state index in [-0.39, 0.29) is 4.90 Å². The van der Waals surface area contributed by atoms with Gasteiger partial charge in [-0.05, 0) is 12.8 Å². The summed E-state index contributed by atoms with van der Waals surface area (Å²) in [7, 11) is 0. The van der Waals surface area contributed by atoms with Crippen LogP contribution in [0.15, 0.2) is 0 Å². The molecule has 0 aromatic heterocycles. The molecule has 3 N–H and O–H groups in total. The van der Waals surface area contributed by atoms with Gasteiger partial charge in [0.1, 0.15) is 11.6 Å². The molecule has 1 unspecified atom stereocenters. The van der Waals surface area contributed by atoms with E-state index < -0.39 is 36.2 Å². The molecule has 0 aromatic rings. The van der Waals surface area contributed by atoms with E-state index in [1.165, 1.54) is 0 Å². The summed E-state index contributed by atoms with van der Waals surface area (Å²) in [6, 6.07) is -3.23. The van der Waals surface area contributed by atoms with Gasteiger partial charge in [0.15, 0.2) is 0 Å². The summed E-state index contributed by atoms with van der Waals surface area (Å²) in [5.41, 5.74) is 3.97. The van der Waals surface area contributed by atoms with Crippen molar-refractivity contribution in [2.75, 3.05) is 6.54 Å². The summed E-state index contributed by atoms with van der Waals surface area (Å²) in [4.78, 5) is 24.7. The molecule has 1 aliphatic heterocycles. The Balaban J connectivity index is 2.26. The molecule has 1 saturated carbocycles. The maximum atomic E-state index is 13.0. The highest BCUT2D eigenvalue weighted by molar-refractivity contribution is 6.07. The smallest absolute Gasteiger partial charge is 0.328 e. The van der Waals surface area contributed by atoms with Gasteiger partial charge in [-0.15, -0.1) is 0 Å². The molecular weight excluding hydrogens is 287 g/mol. The molecule has 3 amide bonds. The lowest BCUT2D eigenvalue weighted by Crippen LogP contribution is -2.54. The van der Waals surface area contributed by atoms with Crippen LogP contribution < -0.4 is 11.1 Å². The monoisotopic (exact) mass is 307 g/mol. The van der Waals surface area contributed by atoms with E-state index in [0.29, 0.717) is 12.8 Å². The van der Waals surface area contributed by atoms with E-state index in [2.05, 4.69) is 5.32 Å². The lowest BCUT2D eigenvalue weighted by molar-refractivity contribution is -0.179. The van der Waals surface area contributed by atoms with E-state index in [9.17, 15) is 22.8 Å². The number of hydrogen-bond acceptors (Lipinski definition) is 3. The Morgan fingerprint density at radius 1 is 1.14 bits per heavy atom. The molecule has 8 heteroatoms. The predicted octanol–water partition coefficient (Wildman–Crippen LogP) is 1.91. The number of carbonyl (C=O) groups excluding carboxylic acids is 2. The number of nitrogens with zero attached hydrogens (tertiary/aromatic N) is 1. The molecule has 0 radical (unpaired) electrons. The minimum Gasteiger partial charge on any atom is -0.328 e. The molecule has 120 valence electrons. The normalized spacial score (nSPS) is 24.7. The van der Waals surface area contributed by atoms with Crippen LogP contribution in [-0.2, 0) is 4.79 Å². The van der Waals surface area contributed by atoms with Crippen LogP contribution in [-0.4, -0.2) is 41.1 Å². The minimum atomic E-state index is -4.71. The van der Waals surface area contributed by atoms with Crippen molar-refractivity contribution in [3.63, 3.8) is 0 Å². The van der Waals surface area contributed by atoms with Gasteiger partial charge in [0, 0.05) is 6.54 Å². The zero-order valence-electron chi connectivity index (χ0n) is 11.7. The molecule has 2 aliphatic rings. The van der Waals surface area contributed by atoms with Gasteiger partial charge in [0.05, 0.1) is 0 Å². The van der Waals surface area contributed by atoms with Gasteiger partial charge in [0.25, 0.3) is 5.91 Å². The fourth-order valence-corrected chi connectivity index (χ4v) is 3.16. The number of imide groups is 1. The summed E-state index contributed by atoms with van der Waals surface area (Å²) in [6.45, 7) is -0.821. The van der Waals surface area contributed by atoms with E-state index in [1.807, 2.05) is 0 Å². The zero-order chi connectivity index (χ0) is 15.7. The Bertz CT molecular complexity index is 417. The fraction of sp³-hybridized carbons (Fsp3) is 0.846. The number of carbonyl (C=O) groups is 2. The Morgan fingerprint density at radius 2 is 1.67 bits per heavy atom. The molecule has 1 atom stereocenters. The topological polar surface area (TPSA) is 75.4 Å². The molecule has 1 heterocycles. The highest BCUT2D eigenvalue weighted by Crippen LogP contribution is 2.35. The van der Waals surface area contributed by atoms with Crippen LogP contribution in [0, 0.1) is 0 Å². The van der Waals surface area contributed by atoms with Crippen molar-refractivity contribution in [2.45, 2.75) is 62.7 Å². The SMILES string of the molecule is NCC(N1C(=O)NC2(CCCCCCC2)C1=O)C(F)(F)F. The third-order valence-electron chi connectivity index (χ3n) is 4.31. The highest BCUT2D eigenvalue weighted by atomic mass is 19.4. The second kappa shape index (κ2) is 5.82. The lowest BCUT2D eigenvalue weighted by atomic mass is 9.84. The first-order valence-electron chi connectivity index (χ1n) is 7.24. The van der Waals surface area contributed by atoms with Crippen molar-refractivity contribution >= 4 is 11.9 Å². The maximum absolute atomic E-state index is 13.0. The molecule has 0 bridgehead atoms. The summed E-state index contributed by atoms with van der Waals surface area (Å²) in [6.07, 6.45) is 0.407. The van der Waals surface area contributed by atoms with Crippen LogP contribution in [0.5, 0.6) is 0 Å². The number of alkyl halides is 3. The van der Waals surface area contributed by atoms with E-state index in [0.717, 1.165) is 32.1 Å². The first kappa shape index (κ1) is 16.1. The van der Waals surface area contributed by atoms with Gasteiger partial charge in [-0.3, -0.25) is 4.79 Å². The minimum absolute atomic E-state index is 0.279. The van der Waals surface area contributed by atoms with Crippen LogP contribution in [0.4, 0.5) is 18.0 Å². The third-order valence-corrected chi connectivity index (χ3v) is 4.31. The molecule has 1 spiro atoms. The van der Waals surface area contributed by atoms with Crippen molar-refractivity contribution in [1.82, 2.24) is 10.2 Å². The molecule has 21 heavy (non-hydrogen) atoms. The molecule has 2 rings (SSSR count). The van der Waals surface area contributed by atoms with Gasteiger partial charge in [-0.2, -0.15) is 13.2 Å². The van der Waals surface area contributed by atoms with E-state index in [4.69, 9.17) is 5.73 Å². The van der Waals surface area contributed by atoms with Gasteiger partial charge in [-0.1, -0.05) is 32.1 Å². The van der Waals surface area contributed by atoms with E-state index in [1.54, 1.807) is 0 Å². The molecule has 5 nitrogen and oxygen atoms in total. The highest BCUT2D eigenvalue weighted by Gasteiger charge is 2.57. The Morgan fingerprint density at radius 3 is 2.14 bits per heavy atom. The van der Waals surface area contributed by atoms with Crippen molar-refractivity contribution in [1.29, 1.82) is 0 Å². The van der Waals surface area contributed by atoms with Crippen molar-refractivity contribution in [3.8, 4) is 0 Å². The average molecular weight is 307 g/mol. The van der Waals surface area contributed by atoms with Crippen molar-refractivity contribution < 1.29 is 22.8 Å². The molecular formula is C13H20F3N3O2. The maximum Gasteiger partial charge on any atom is 0.410 e. The van der Waals surface area contributed by atoms with Gasteiger partial charge >= 0.3 is 12.2 Å². The number of nitrogens with two attached hydrogens (primary N) is 1. The van der Waals surface area contributed by atoms with Crippen LogP contribution in [0.25, 0.3) is 0 Å². The lowest BCUT2D eigenvalue weighted by Gasteiger charge is -2.30. The summed E-state index contributed by atoms with van der Waals surface area (Å²) in [5.74, 6) is -0.776. The number of amides is 3. The van der Waals surface area contributed by atoms with Gasteiger partial charge in [-0.25, -0.2) is 9.69 Å². The third kappa shape index (κ3) is 3.00. The first-order valence-corrected chi connectivity index (χ1v) is 7.24. The number of urea groups is 1. The summed E-state index contributed by atoms with van der Waals surface area (Å²) < 4.78 is 38.9. The van der Waals surface area contributed by atoms with E-state index >= 15 is 0 Å². The first-order chi connectivity index (χ1) is 9.82. The number of halogens is 3. The van der Waals surface area contributed by atoms with Crippen molar-refractivity contribution in [3.05, 3.63) is 0 Å². The largest absolute Gasteiger partial charge is 0.410 e. The second-order valence-corrected chi connectivity index (χ2v) is 5.75. The summed E-state index contributed by atoms with van der Waals surface area (Å²) in [5, 5.41) is 2.51. The molecule has 0 aromatic carbocycles. The predicted molar refractivity (Wildman–Crippen MR) is 69.3 cm³/mol. The van der Waals surface area contributed by atoms with Gasteiger partial charge in [0.2, 0.25) is 0 Å². The quantitative estimate of drug-likeness (QED) is 0.765. The van der Waals surface area contributed by atoms with Crippen molar-refractivity contribution in [2.24, 2.45) is 5.73 Å². The van der Waals surface area contributed by atoms with Crippen LogP contribution in [0.3, 0.4) is 0 Å². The number of nitrogens with one attached hydrogen (secondary N) is 1. The Labute approximate surface area is 121 Å². The van der Waals surface area contributed by atoms with Crippen LogP contribution in [0.1, 0.15) is 44.9 Å². The standard InChI is InChI=1S/C13H20F3N3O2/c14-13(15,16)9(8-17)19-10(20)12(18-11(19)21)6-4-2-1-3-5-7-12/h9H,1-8,17H2,(H,18,21). The van der Waals surface area contributed by atoms with Crippen LogP contribution in [0.2, 0.25) is 0 Å².